The van der Waals surface area contributed by atoms with Crippen LogP contribution in [-0.4, -0.2) is 11.0 Å². The highest BCUT2D eigenvalue weighted by molar-refractivity contribution is 7.09. The van der Waals surface area contributed by atoms with Gasteiger partial charge in [-0.2, -0.15) is 5.26 Å². The second-order valence-electron chi connectivity index (χ2n) is 2.75. The number of thiazole rings is 1. The van der Waals surface area contributed by atoms with Crippen LogP contribution in [-0.2, 0) is 0 Å². The Morgan fingerprint density at radius 2 is 2.42 bits per heavy atom. The summed E-state index contributed by atoms with van der Waals surface area (Å²) in [6, 6.07) is 2.22. The van der Waals surface area contributed by atoms with E-state index in [1.54, 1.807) is 6.20 Å². The van der Waals surface area contributed by atoms with Gasteiger partial charge in [0.25, 0.3) is 0 Å². The Morgan fingerprint density at radius 3 is 2.83 bits per heavy atom. The zero-order valence-electron chi connectivity index (χ0n) is 7.11. The molecule has 0 fully saturated rings. The number of nitriles is 1. The van der Waals surface area contributed by atoms with Crippen molar-refractivity contribution in [3.63, 3.8) is 0 Å². The first kappa shape index (κ1) is 9.17. The monoisotopic (exact) mass is 181 g/mol. The minimum Gasteiger partial charge on any atom is -0.294 e. The second-order valence-corrected chi connectivity index (χ2v) is 3.68. The maximum atomic E-state index is 8.80. The molecule has 0 aliphatic heterocycles. The predicted octanol–water partition coefficient (Wildman–Crippen LogP) is 1.71. The van der Waals surface area contributed by atoms with Gasteiger partial charge in [-0.05, 0) is 13.8 Å². The third-order valence-electron chi connectivity index (χ3n) is 1.33. The molecule has 1 unspecified atom stereocenters. The highest BCUT2D eigenvalue weighted by Crippen LogP contribution is 2.14. The van der Waals surface area contributed by atoms with E-state index in [4.69, 9.17) is 5.26 Å². The molecule has 0 radical (unpaired) electrons. The van der Waals surface area contributed by atoms with E-state index in [9.17, 15) is 0 Å². The van der Waals surface area contributed by atoms with E-state index in [-0.39, 0.29) is 6.04 Å². The zero-order chi connectivity index (χ0) is 8.97. The van der Waals surface area contributed by atoms with Crippen LogP contribution in [0.3, 0.4) is 0 Å². The van der Waals surface area contributed by atoms with Gasteiger partial charge < -0.3 is 0 Å². The third kappa shape index (κ3) is 2.29. The third-order valence-corrected chi connectivity index (χ3v) is 2.17. The molecule has 0 saturated carbocycles. The molecular formula is C8H11N3S. The summed E-state index contributed by atoms with van der Waals surface area (Å²) >= 11 is 1.50. The van der Waals surface area contributed by atoms with Crippen LogP contribution in [0.4, 0.5) is 0 Å². The molecule has 1 heterocycles. The van der Waals surface area contributed by atoms with E-state index in [0.717, 1.165) is 5.01 Å². The topological polar surface area (TPSA) is 48.7 Å². The molecule has 3 nitrogen and oxygen atoms in total. The normalized spacial score (nSPS) is 12.8. The van der Waals surface area contributed by atoms with Crippen molar-refractivity contribution in [1.82, 2.24) is 10.3 Å². The lowest BCUT2D eigenvalue weighted by Crippen LogP contribution is -2.26. The van der Waals surface area contributed by atoms with Gasteiger partial charge in [-0.25, -0.2) is 4.98 Å². The lowest BCUT2D eigenvalue weighted by atomic mass is 10.3. The van der Waals surface area contributed by atoms with Gasteiger partial charge in [0.15, 0.2) is 0 Å². The van der Waals surface area contributed by atoms with Gasteiger partial charge >= 0.3 is 0 Å². The SMILES string of the molecule is CC(C)NC(C#N)c1nccs1. The van der Waals surface area contributed by atoms with Crippen LogP contribution in [0.25, 0.3) is 0 Å². The fraction of sp³-hybridized carbons (Fsp3) is 0.500. The van der Waals surface area contributed by atoms with Crippen molar-refractivity contribution >= 4 is 11.3 Å². The molecular weight excluding hydrogens is 170 g/mol. The highest BCUT2D eigenvalue weighted by Gasteiger charge is 2.12. The predicted molar refractivity (Wildman–Crippen MR) is 48.7 cm³/mol. The molecule has 0 amide bonds. The van der Waals surface area contributed by atoms with Crippen LogP contribution in [0.2, 0.25) is 0 Å². The van der Waals surface area contributed by atoms with Gasteiger partial charge in [-0.1, -0.05) is 0 Å². The van der Waals surface area contributed by atoms with Crippen LogP contribution >= 0.6 is 11.3 Å². The molecule has 0 aliphatic carbocycles. The number of rotatable bonds is 3. The van der Waals surface area contributed by atoms with Crippen LogP contribution in [0.1, 0.15) is 24.9 Å². The van der Waals surface area contributed by atoms with Crippen LogP contribution in [0.15, 0.2) is 11.6 Å². The molecule has 0 saturated heterocycles. The van der Waals surface area contributed by atoms with Crippen molar-refractivity contribution in [3.05, 3.63) is 16.6 Å². The second kappa shape index (κ2) is 4.19. The molecule has 1 aromatic heterocycles. The van der Waals surface area contributed by atoms with E-state index < -0.39 is 0 Å². The minimum atomic E-state index is -0.259. The molecule has 1 atom stereocenters. The Morgan fingerprint density at radius 1 is 1.67 bits per heavy atom. The summed E-state index contributed by atoms with van der Waals surface area (Å²) in [5, 5.41) is 14.6. The number of nitrogens with one attached hydrogen (secondary N) is 1. The summed E-state index contributed by atoms with van der Waals surface area (Å²) in [5.74, 6) is 0. The van der Waals surface area contributed by atoms with Gasteiger partial charge in [0.05, 0.1) is 6.07 Å². The zero-order valence-corrected chi connectivity index (χ0v) is 7.93. The summed E-state index contributed by atoms with van der Waals surface area (Å²) in [5.41, 5.74) is 0. The van der Waals surface area contributed by atoms with Crippen LogP contribution in [0.5, 0.6) is 0 Å². The first-order chi connectivity index (χ1) is 5.74. The fourth-order valence-corrected chi connectivity index (χ4v) is 1.51. The van der Waals surface area contributed by atoms with Crippen molar-refractivity contribution in [2.24, 2.45) is 0 Å². The number of hydrogen-bond acceptors (Lipinski definition) is 4. The first-order valence-electron chi connectivity index (χ1n) is 3.79. The van der Waals surface area contributed by atoms with Gasteiger partial charge in [0.1, 0.15) is 11.0 Å². The summed E-state index contributed by atoms with van der Waals surface area (Å²) < 4.78 is 0. The number of aromatic nitrogens is 1. The largest absolute Gasteiger partial charge is 0.294 e. The molecule has 1 N–H and O–H groups in total. The maximum absolute atomic E-state index is 8.80. The Hall–Kier alpha value is -0.920. The van der Waals surface area contributed by atoms with Crippen molar-refractivity contribution in [1.29, 1.82) is 5.26 Å². The fourth-order valence-electron chi connectivity index (χ4n) is 0.874. The average molecular weight is 181 g/mol. The van der Waals surface area contributed by atoms with Crippen molar-refractivity contribution in [2.45, 2.75) is 25.9 Å². The molecule has 1 rings (SSSR count). The lowest BCUT2D eigenvalue weighted by molar-refractivity contribution is 0.544. The van der Waals surface area contributed by atoms with E-state index in [0.29, 0.717) is 6.04 Å². The van der Waals surface area contributed by atoms with Gasteiger partial charge in [-0.15, -0.1) is 11.3 Å². The minimum absolute atomic E-state index is 0.259. The van der Waals surface area contributed by atoms with Crippen LogP contribution in [0, 0.1) is 11.3 Å². The maximum Gasteiger partial charge on any atom is 0.148 e. The van der Waals surface area contributed by atoms with Gasteiger partial charge in [0, 0.05) is 17.6 Å². The van der Waals surface area contributed by atoms with E-state index >= 15 is 0 Å². The lowest BCUT2D eigenvalue weighted by Gasteiger charge is -2.11. The summed E-state index contributed by atoms with van der Waals surface area (Å²) in [6.45, 7) is 4.02. The molecule has 0 bridgehead atoms. The summed E-state index contributed by atoms with van der Waals surface area (Å²) in [7, 11) is 0. The standard InChI is InChI=1S/C8H11N3S/c1-6(2)11-7(5-9)8-10-3-4-12-8/h3-4,6-7,11H,1-2H3. The van der Waals surface area contributed by atoms with Crippen molar-refractivity contribution in [3.8, 4) is 6.07 Å². The molecule has 0 spiro atoms. The molecule has 4 heteroatoms. The van der Waals surface area contributed by atoms with E-state index in [1.165, 1.54) is 11.3 Å². The van der Waals surface area contributed by atoms with Crippen molar-refractivity contribution < 1.29 is 0 Å². The summed E-state index contributed by atoms with van der Waals surface area (Å²) in [6.07, 6.45) is 1.71. The smallest absolute Gasteiger partial charge is 0.148 e. The summed E-state index contributed by atoms with van der Waals surface area (Å²) in [4.78, 5) is 4.07. The average Bonchev–Trinajstić information content (AvgIpc) is 2.51. The Labute approximate surface area is 76.1 Å². The van der Waals surface area contributed by atoms with Crippen molar-refractivity contribution in [2.75, 3.05) is 0 Å². The van der Waals surface area contributed by atoms with Gasteiger partial charge in [-0.3, -0.25) is 5.32 Å². The Kier molecular flexibility index (Phi) is 3.20. The quantitative estimate of drug-likeness (QED) is 0.772. The number of hydrogen-bond donors (Lipinski definition) is 1. The first-order valence-corrected chi connectivity index (χ1v) is 4.67. The van der Waals surface area contributed by atoms with Crippen LogP contribution < -0.4 is 5.32 Å². The van der Waals surface area contributed by atoms with E-state index in [2.05, 4.69) is 16.4 Å². The highest BCUT2D eigenvalue weighted by atomic mass is 32.1. The molecule has 0 aromatic carbocycles. The van der Waals surface area contributed by atoms with E-state index in [1.807, 2.05) is 19.2 Å². The molecule has 64 valence electrons. The molecule has 0 aliphatic rings. The Balaban J connectivity index is 2.65. The number of nitrogens with zero attached hydrogens (tertiary/aromatic N) is 2. The Bertz CT molecular complexity index is 260. The van der Waals surface area contributed by atoms with Gasteiger partial charge in [0.2, 0.25) is 0 Å². The molecule has 1 aromatic rings. The molecule has 12 heavy (non-hydrogen) atoms.